The highest BCUT2D eigenvalue weighted by Crippen LogP contribution is 2.75. The molecule has 11 atom stereocenters. The van der Waals surface area contributed by atoms with Crippen LogP contribution in [0, 0.1) is 45.3 Å². The van der Waals surface area contributed by atoms with Crippen LogP contribution in [0.25, 0.3) is 0 Å². The molecule has 4 nitrogen and oxygen atoms in total. The largest absolute Gasteiger partial charge is 0.393 e. The molecule has 0 spiro atoms. The summed E-state index contributed by atoms with van der Waals surface area (Å²) in [6, 6.07) is 0. The summed E-state index contributed by atoms with van der Waals surface area (Å²) in [6.07, 6.45) is 8.21. The summed E-state index contributed by atoms with van der Waals surface area (Å²) in [5.41, 5.74) is -0.453. The normalized spacial score (nSPS) is 57.6. The monoisotopic (exact) mass is 462 g/mol. The van der Waals surface area contributed by atoms with Crippen molar-refractivity contribution in [3.63, 3.8) is 0 Å². The first-order valence-corrected chi connectivity index (χ1v) is 13.9. The molecule has 4 aliphatic carbocycles. The zero-order valence-electron chi connectivity index (χ0n) is 22.2. The number of rotatable bonds is 1. The minimum absolute atomic E-state index is 0.000115. The van der Waals surface area contributed by atoms with Gasteiger partial charge in [-0.05, 0) is 117 Å². The van der Waals surface area contributed by atoms with Gasteiger partial charge in [0.25, 0.3) is 0 Å². The van der Waals surface area contributed by atoms with Crippen LogP contribution in [0.3, 0.4) is 0 Å². The molecule has 0 bridgehead atoms. The molecule has 0 radical (unpaired) electrons. The Labute approximate surface area is 201 Å². The highest BCUT2D eigenvalue weighted by Gasteiger charge is 2.72. The van der Waals surface area contributed by atoms with Gasteiger partial charge < -0.3 is 20.1 Å². The van der Waals surface area contributed by atoms with Crippen LogP contribution >= 0.6 is 0 Å². The molecule has 4 saturated carbocycles. The molecule has 5 aliphatic rings. The van der Waals surface area contributed by atoms with Crippen LogP contribution in [0.1, 0.15) is 106 Å². The van der Waals surface area contributed by atoms with Crippen molar-refractivity contribution in [1.29, 1.82) is 0 Å². The van der Waals surface area contributed by atoms with Gasteiger partial charge in [0, 0.05) is 0 Å². The van der Waals surface area contributed by atoms with Gasteiger partial charge in [0.05, 0.1) is 30.0 Å². The minimum atomic E-state index is -0.405. The van der Waals surface area contributed by atoms with E-state index in [4.69, 9.17) is 4.74 Å². The molecule has 1 heterocycles. The van der Waals surface area contributed by atoms with Gasteiger partial charge in [-0.15, -0.1) is 0 Å². The minimum Gasteiger partial charge on any atom is -0.393 e. The number of fused-ring (bicyclic) bond motifs is 5. The summed E-state index contributed by atoms with van der Waals surface area (Å²) in [5.74, 6) is 1.09. The van der Waals surface area contributed by atoms with Gasteiger partial charge in [-0.3, -0.25) is 0 Å². The molecular weight excluding hydrogens is 412 g/mol. The SMILES string of the molecule is CC1(C)CCC[C@H]([C@H]2CC[C@]3(C)[C@@H]2[C@H](O)C[C@@H]2[C@@]4(C)CC[C@H](O)C(C)(C)[C@@H]4[C@@H](O)C[C@]23C)O1. The van der Waals surface area contributed by atoms with Crippen LogP contribution in [0.4, 0.5) is 0 Å². The van der Waals surface area contributed by atoms with Crippen LogP contribution in [-0.4, -0.2) is 45.3 Å². The number of aliphatic hydroxyl groups excluding tert-OH is 3. The van der Waals surface area contributed by atoms with Crippen LogP contribution in [0.5, 0.6) is 0 Å². The fraction of sp³-hybridized carbons (Fsp3) is 1.00. The summed E-state index contributed by atoms with van der Waals surface area (Å²) < 4.78 is 6.65. The second-order valence-electron chi connectivity index (χ2n) is 14.9. The first-order valence-electron chi connectivity index (χ1n) is 13.9. The van der Waals surface area contributed by atoms with Crippen molar-refractivity contribution >= 4 is 0 Å². The number of aliphatic hydroxyl groups is 3. The molecule has 0 aromatic heterocycles. The van der Waals surface area contributed by atoms with Crippen LogP contribution in [0.2, 0.25) is 0 Å². The number of ether oxygens (including phenoxy) is 1. The Morgan fingerprint density at radius 3 is 2.12 bits per heavy atom. The summed E-state index contributed by atoms with van der Waals surface area (Å²) in [4.78, 5) is 0. The first kappa shape index (κ1) is 24.5. The van der Waals surface area contributed by atoms with Crippen molar-refractivity contribution in [2.75, 3.05) is 0 Å². The van der Waals surface area contributed by atoms with Gasteiger partial charge in [-0.25, -0.2) is 0 Å². The molecule has 1 saturated heterocycles. The lowest BCUT2D eigenvalue weighted by Gasteiger charge is -2.71. The number of hydrogen-bond acceptors (Lipinski definition) is 4. The van der Waals surface area contributed by atoms with E-state index in [0.717, 1.165) is 51.4 Å². The van der Waals surface area contributed by atoms with Gasteiger partial charge in [-0.1, -0.05) is 34.6 Å². The maximum Gasteiger partial charge on any atom is 0.0630 e. The van der Waals surface area contributed by atoms with Crippen molar-refractivity contribution in [3.05, 3.63) is 0 Å². The van der Waals surface area contributed by atoms with Crippen LogP contribution in [-0.2, 0) is 4.74 Å². The van der Waals surface area contributed by atoms with Crippen molar-refractivity contribution < 1.29 is 20.1 Å². The predicted octanol–water partition coefficient (Wildman–Crippen LogP) is 5.32. The quantitative estimate of drug-likeness (QED) is 0.493. The van der Waals surface area contributed by atoms with E-state index < -0.39 is 6.10 Å². The Balaban J connectivity index is 1.52. The Morgan fingerprint density at radius 1 is 0.758 bits per heavy atom. The molecule has 0 amide bonds. The Morgan fingerprint density at radius 2 is 1.45 bits per heavy atom. The topological polar surface area (TPSA) is 69.9 Å². The molecule has 0 aromatic carbocycles. The zero-order valence-corrected chi connectivity index (χ0v) is 22.2. The Hall–Kier alpha value is -0.160. The molecule has 5 fully saturated rings. The average molecular weight is 463 g/mol. The van der Waals surface area contributed by atoms with Gasteiger partial charge >= 0.3 is 0 Å². The molecular formula is C29H50O4. The Kier molecular flexibility index (Phi) is 5.52. The third-order valence-electron chi connectivity index (χ3n) is 12.5. The van der Waals surface area contributed by atoms with E-state index in [2.05, 4.69) is 48.5 Å². The van der Waals surface area contributed by atoms with Crippen molar-refractivity contribution in [2.24, 2.45) is 45.3 Å². The van der Waals surface area contributed by atoms with Crippen LogP contribution in [0.15, 0.2) is 0 Å². The summed E-state index contributed by atoms with van der Waals surface area (Å²) in [5, 5.41) is 34.4. The van der Waals surface area contributed by atoms with E-state index in [1.54, 1.807) is 0 Å². The molecule has 5 rings (SSSR count). The van der Waals surface area contributed by atoms with Gasteiger partial charge in [-0.2, -0.15) is 0 Å². The number of hydrogen-bond donors (Lipinski definition) is 3. The smallest absolute Gasteiger partial charge is 0.0630 e. The second kappa shape index (κ2) is 7.43. The zero-order chi connectivity index (χ0) is 24.2. The summed E-state index contributed by atoms with van der Waals surface area (Å²) in [7, 11) is 0. The summed E-state index contributed by atoms with van der Waals surface area (Å²) >= 11 is 0. The van der Waals surface area contributed by atoms with E-state index in [-0.39, 0.29) is 57.4 Å². The lowest BCUT2D eigenvalue weighted by atomic mass is 9.34. The fourth-order valence-corrected chi connectivity index (χ4v) is 11.0. The van der Waals surface area contributed by atoms with E-state index in [1.807, 2.05) is 0 Å². The third kappa shape index (κ3) is 3.22. The van der Waals surface area contributed by atoms with Gasteiger partial charge in [0.2, 0.25) is 0 Å². The summed E-state index contributed by atoms with van der Waals surface area (Å²) in [6.45, 7) is 16.0. The van der Waals surface area contributed by atoms with Crippen LogP contribution < -0.4 is 0 Å². The molecule has 0 unspecified atom stereocenters. The fourth-order valence-electron chi connectivity index (χ4n) is 11.0. The highest BCUT2D eigenvalue weighted by atomic mass is 16.5. The van der Waals surface area contributed by atoms with E-state index >= 15 is 0 Å². The standard InChI is InChI=1S/C29H50O4/c1-25(2)12-8-9-20(33-25)17-10-14-28(6)23(17)18(30)15-21-27(5)13-11-22(32)26(3,4)24(27)19(31)16-29(21,28)7/h17-24,30-32H,8-16H2,1-7H3/t17-,18-,19+,20-,21-,22+,23+,24+,27-,28-,29-/m1/s1. The van der Waals surface area contributed by atoms with E-state index in [1.165, 1.54) is 6.42 Å². The highest BCUT2D eigenvalue weighted by molar-refractivity contribution is 5.21. The van der Waals surface area contributed by atoms with Gasteiger partial charge in [0.15, 0.2) is 0 Å². The second-order valence-corrected chi connectivity index (χ2v) is 14.9. The molecule has 0 aromatic rings. The maximum absolute atomic E-state index is 11.8. The Bertz CT molecular complexity index is 778. The van der Waals surface area contributed by atoms with E-state index in [0.29, 0.717) is 11.8 Å². The third-order valence-corrected chi connectivity index (χ3v) is 12.5. The molecule has 1 aliphatic heterocycles. The first-order chi connectivity index (χ1) is 15.2. The molecule has 190 valence electrons. The lowest BCUT2D eigenvalue weighted by Crippen LogP contribution is -2.69. The molecule has 33 heavy (non-hydrogen) atoms. The van der Waals surface area contributed by atoms with Crippen molar-refractivity contribution in [3.8, 4) is 0 Å². The maximum atomic E-state index is 11.8. The van der Waals surface area contributed by atoms with Crippen molar-refractivity contribution in [1.82, 2.24) is 0 Å². The predicted molar refractivity (Wildman–Crippen MR) is 131 cm³/mol. The average Bonchev–Trinajstić information content (AvgIpc) is 3.06. The van der Waals surface area contributed by atoms with E-state index in [9.17, 15) is 15.3 Å². The van der Waals surface area contributed by atoms with Gasteiger partial charge in [0.1, 0.15) is 0 Å². The molecule has 4 heteroatoms. The molecule has 3 N–H and O–H groups in total. The lowest BCUT2D eigenvalue weighted by molar-refractivity contribution is -0.274. The van der Waals surface area contributed by atoms with Crippen molar-refractivity contribution in [2.45, 2.75) is 136 Å².